The van der Waals surface area contributed by atoms with E-state index in [0.29, 0.717) is 11.3 Å². The quantitative estimate of drug-likeness (QED) is 0.886. The number of nitrogens with zero attached hydrogens (tertiary/aromatic N) is 1. The summed E-state index contributed by atoms with van der Waals surface area (Å²) >= 11 is 0. The van der Waals surface area contributed by atoms with Crippen molar-refractivity contribution in [2.75, 3.05) is 5.32 Å². The fraction of sp³-hybridized carbons (Fsp3) is 0.200. The van der Waals surface area contributed by atoms with Crippen LogP contribution in [0.4, 0.5) is 5.69 Å². The zero-order chi connectivity index (χ0) is 13.8. The minimum absolute atomic E-state index is 0.108. The fourth-order valence-electron chi connectivity index (χ4n) is 1.76. The van der Waals surface area contributed by atoms with Crippen molar-refractivity contribution in [3.63, 3.8) is 0 Å². The van der Waals surface area contributed by atoms with Gasteiger partial charge in [0.2, 0.25) is 0 Å². The van der Waals surface area contributed by atoms with Crippen LogP contribution < -0.4 is 11.1 Å². The summed E-state index contributed by atoms with van der Waals surface area (Å²) < 4.78 is 0. The van der Waals surface area contributed by atoms with Gasteiger partial charge in [0.15, 0.2) is 0 Å². The van der Waals surface area contributed by atoms with E-state index in [4.69, 9.17) is 5.73 Å². The number of anilines is 1. The van der Waals surface area contributed by atoms with Gasteiger partial charge in [0, 0.05) is 17.8 Å². The Morgan fingerprint density at radius 3 is 2.79 bits per heavy atom. The first kappa shape index (κ1) is 13.2. The van der Waals surface area contributed by atoms with Crippen LogP contribution in [0.1, 0.15) is 34.5 Å². The van der Waals surface area contributed by atoms with Crippen molar-refractivity contribution < 1.29 is 4.79 Å². The maximum atomic E-state index is 12.1. The van der Waals surface area contributed by atoms with Gasteiger partial charge in [-0.15, -0.1) is 0 Å². The van der Waals surface area contributed by atoms with Crippen LogP contribution in [0.15, 0.2) is 42.7 Å². The second-order valence-electron chi connectivity index (χ2n) is 4.62. The predicted molar refractivity (Wildman–Crippen MR) is 76.0 cm³/mol. The molecule has 1 unspecified atom stereocenters. The van der Waals surface area contributed by atoms with Gasteiger partial charge in [-0.2, -0.15) is 0 Å². The first-order chi connectivity index (χ1) is 9.06. The Labute approximate surface area is 112 Å². The SMILES string of the molecule is Cc1cccc(C(=O)Nc2cncc(C(C)N)c2)c1. The molecule has 2 rings (SSSR count). The number of rotatable bonds is 3. The molecule has 19 heavy (non-hydrogen) atoms. The average molecular weight is 255 g/mol. The highest BCUT2D eigenvalue weighted by atomic mass is 16.1. The third-order valence-electron chi connectivity index (χ3n) is 2.82. The van der Waals surface area contributed by atoms with Crippen molar-refractivity contribution in [2.45, 2.75) is 19.9 Å². The number of carbonyl (C=O) groups excluding carboxylic acids is 1. The summed E-state index contributed by atoms with van der Waals surface area (Å²) in [6, 6.07) is 9.17. The summed E-state index contributed by atoms with van der Waals surface area (Å²) in [5, 5.41) is 2.82. The van der Waals surface area contributed by atoms with E-state index in [-0.39, 0.29) is 11.9 Å². The van der Waals surface area contributed by atoms with Crippen LogP contribution in [-0.2, 0) is 0 Å². The monoisotopic (exact) mass is 255 g/mol. The summed E-state index contributed by atoms with van der Waals surface area (Å²) in [4.78, 5) is 16.2. The molecule has 1 aromatic heterocycles. The van der Waals surface area contributed by atoms with E-state index in [0.717, 1.165) is 11.1 Å². The molecule has 0 radical (unpaired) electrons. The normalized spacial score (nSPS) is 11.9. The van der Waals surface area contributed by atoms with E-state index in [1.54, 1.807) is 18.5 Å². The lowest BCUT2D eigenvalue weighted by molar-refractivity contribution is 0.102. The summed E-state index contributed by atoms with van der Waals surface area (Å²) in [7, 11) is 0. The maximum Gasteiger partial charge on any atom is 0.255 e. The third-order valence-corrected chi connectivity index (χ3v) is 2.82. The van der Waals surface area contributed by atoms with Gasteiger partial charge in [-0.1, -0.05) is 17.7 Å². The van der Waals surface area contributed by atoms with Gasteiger partial charge in [-0.05, 0) is 37.6 Å². The van der Waals surface area contributed by atoms with E-state index in [1.165, 1.54) is 0 Å². The van der Waals surface area contributed by atoms with Gasteiger partial charge in [-0.3, -0.25) is 9.78 Å². The highest BCUT2D eigenvalue weighted by molar-refractivity contribution is 6.04. The molecule has 1 aromatic carbocycles. The number of nitrogens with two attached hydrogens (primary N) is 1. The van der Waals surface area contributed by atoms with Crippen molar-refractivity contribution in [3.8, 4) is 0 Å². The van der Waals surface area contributed by atoms with Gasteiger partial charge >= 0.3 is 0 Å². The molecular formula is C15H17N3O. The lowest BCUT2D eigenvalue weighted by Gasteiger charge is -2.09. The molecule has 0 bridgehead atoms. The van der Waals surface area contributed by atoms with Crippen LogP contribution in [0.25, 0.3) is 0 Å². The molecule has 0 aliphatic rings. The Hall–Kier alpha value is -2.20. The maximum absolute atomic E-state index is 12.1. The van der Waals surface area contributed by atoms with Crippen molar-refractivity contribution in [1.82, 2.24) is 4.98 Å². The van der Waals surface area contributed by atoms with E-state index >= 15 is 0 Å². The van der Waals surface area contributed by atoms with Gasteiger partial charge in [0.1, 0.15) is 0 Å². The number of benzene rings is 1. The molecule has 0 aliphatic heterocycles. The highest BCUT2D eigenvalue weighted by Gasteiger charge is 2.07. The zero-order valence-corrected chi connectivity index (χ0v) is 11.1. The number of hydrogen-bond donors (Lipinski definition) is 2. The predicted octanol–water partition coefficient (Wildman–Crippen LogP) is 2.66. The Morgan fingerprint density at radius 1 is 1.32 bits per heavy atom. The molecule has 2 aromatic rings. The number of pyridine rings is 1. The standard InChI is InChI=1S/C15H17N3O/c1-10-4-3-5-12(6-10)15(19)18-14-7-13(11(2)16)8-17-9-14/h3-9,11H,16H2,1-2H3,(H,18,19). The minimum atomic E-state index is -0.146. The summed E-state index contributed by atoms with van der Waals surface area (Å²) in [6.07, 6.45) is 3.31. The van der Waals surface area contributed by atoms with Gasteiger partial charge in [0.25, 0.3) is 5.91 Å². The van der Waals surface area contributed by atoms with Crippen LogP contribution >= 0.6 is 0 Å². The summed E-state index contributed by atoms with van der Waals surface area (Å²) in [6.45, 7) is 3.83. The molecule has 0 spiro atoms. The van der Waals surface area contributed by atoms with Gasteiger partial charge < -0.3 is 11.1 Å². The Morgan fingerprint density at radius 2 is 2.11 bits per heavy atom. The molecule has 0 aliphatic carbocycles. The van der Waals surface area contributed by atoms with Gasteiger partial charge in [0.05, 0.1) is 11.9 Å². The average Bonchev–Trinajstić information content (AvgIpc) is 2.39. The third kappa shape index (κ3) is 3.39. The topological polar surface area (TPSA) is 68.0 Å². The number of aromatic nitrogens is 1. The molecule has 1 heterocycles. The van der Waals surface area contributed by atoms with Gasteiger partial charge in [-0.25, -0.2) is 0 Å². The lowest BCUT2D eigenvalue weighted by atomic mass is 10.1. The zero-order valence-electron chi connectivity index (χ0n) is 11.1. The van der Waals surface area contributed by atoms with Crippen molar-refractivity contribution in [1.29, 1.82) is 0 Å². The van der Waals surface area contributed by atoms with Crippen LogP contribution in [0.2, 0.25) is 0 Å². The number of nitrogens with one attached hydrogen (secondary N) is 1. The first-order valence-electron chi connectivity index (χ1n) is 6.15. The number of amides is 1. The Kier molecular flexibility index (Phi) is 3.92. The van der Waals surface area contributed by atoms with Crippen LogP contribution in [0.5, 0.6) is 0 Å². The van der Waals surface area contributed by atoms with E-state index in [2.05, 4.69) is 10.3 Å². The van der Waals surface area contributed by atoms with E-state index in [9.17, 15) is 4.79 Å². The largest absolute Gasteiger partial charge is 0.324 e. The highest BCUT2D eigenvalue weighted by Crippen LogP contribution is 2.15. The fourth-order valence-corrected chi connectivity index (χ4v) is 1.76. The molecule has 3 N–H and O–H groups in total. The van der Waals surface area contributed by atoms with E-state index in [1.807, 2.05) is 38.1 Å². The number of aryl methyl sites for hydroxylation is 1. The Bertz CT molecular complexity index is 593. The molecular weight excluding hydrogens is 238 g/mol. The molecule has 4 nitrogen and oxygen atoms in total. The summed E-state index contributed by atoms with van der Waals surface area (Å²) in [5.41, 5.74) is 9.02. The Balaban J connectivity index is 2.17. The second-order valence-corrected chi connectivity index (χ2v) is 4.62. The molecule has 0 fully saturated rings. The van der Waals surface area contributed by atoms with Crippen molar-refractivity contribution in [3.05, 3.63) is 59.4 Å². The van der Waals surface area contributed by atoms with E-state index < -0.39 is 0 Å². The minimum Gasteiger partial charge on any atom is -0.324 e. The molecule has 1 amide bonds. The molecule has 98 valence electrons. The van der Waals surface area contributed by atoms with Crippen molar-refractivity contribution in [2.24, 2.45) is 5.73 Å². The van der Waals surface area contributed by atoms with Crippen LogP contribution in [0, 0.1) is 6.92 Å². The molecule has 0 saturated carbocycles. The number of hydrogen-bond acceptors (Lipinski definition) is 3. The second kappa shape index (κ2) is 5.63. The molecule has 4 heteroatoms. The first-order valence-corrected chi connectivity index (χ1v) is 6.15. The van der Waals surface area contributed by atoms with Crippen LogP contribution in [0.3, 0.4) is 0 Å². The molecule has 0 saturated heterocycles. The van der Waals surface area contributed by atoms with Crippen molar-refractivity contribution >= 4 is 11.6 Å². The molecule has 1 atom stereocenters. The lowest BCUT2D eigenvalue weighted by Crippen LogP contribution is -2.13. The smallest absolute Gasteiger partial charge is 0.255 e. The summed E-state index contributed by atoms with van der Waals surface area (Å²) in [5.74, 6) is -0.146. The number of carbonyl (C=O) groups is 1. The van der Waals surface area contributed by atoms with Crippen LogP contribution in [-0.4, -0.2) is 10.9 Å².